The van der Waals surface area contributed by atoms with E-state index in [0.717, 1.165) is 11.1 Å². The fourth-order valence-corrected chi connectivity index (χ4v) is 6.81. The molecule has 0 unspecified atom stereocenters. The first-order chi connectivity index (χ1) is 18.5. The van der Waals surface area contributed by atoms with Crippen molar-refractivity contribution in [3.8, 4) is 0 Å². The molecule has 0 spiro atoms. The zero-order valence-electron chi connectivity index (χ0n) is 26.5. The van der Waals surface area contributed by atoms with Crippen molar-refractivity contribution >= 4 is 20.2 Å². The SMILES string of the molecule is COC(=O)[C@@]12CO[C@@H](C(C)(C)C)N1C(=O)[C@H](C)/C2=C\C[C@@H](C)[C@H](COCc1ccccc1)O[Si](C)(C)C(C)(C)C. The van der Waals surface area contributed by atoms with Crippen LogP contribution in [0.25, 0.3) is 0 Å². The van der Waals surface area contributed by atoms with E-state index in [2.05, 4.69) is 59.0 Å². The number of carbonyl (C=O) groups is 2. The van der Waals surface area contributed by atoms with Crippen LogP contribution >= 0.6 is 0 Å². The maximum atomic E-state index is 13.6. The van der Waals surface area contributed by atoms with Crippen molar-refractivity contribution in [2.24, 2.45) is 17.3 Å². The molecule has 2 saturated heterocycles. The Kier molecular flexibility index (Phi) is 9.82. The summed E-state index contributed by atoms with van der Waals surface area (Å²) < 4.78 is 24.5. The zero-order chi connectivity index (χ0) is 30.1. The van der Waals surface area contributed by atoms with Gasteiger partial charge in [-0.25, -0.2) is 4.79 Å². The molecule has 1 aromatic rings. The Balaban J connectivity index is 1.89. The second kappa shape index (κ2) is 12.1. The normalized spacial score (nSPS) is 26.2. The molecule has 0 bridgehead atoms. The summed E-state index contributed by atoms with van der Waals surface area (Å²) in [6, 6.07) is 10.1. The average molecular weight is 574 g/mol. The molecule has 0 aliphatic carbocycles. The highest BCUT2D eigenvalue weighted by Gasteiger charge is 2.66. The first-order valence-corrected chi connectivity index (χ1v) is 17.4. The number of carbonyl (C=O) groups excluding carboxylic acids is 2. The van der Waals surface area contributed by atoms with Crippen LogP contribution in [0.4, 0.5) is 0 Å². The number of allylic oxidation sites excluding steroid dienone is 1. The van der Waals surface area contributed by atoms with Crippen molar-refractivity contribution in [2.45, 2.75) is 104 Å². The van der Waals surface area contributed by atoms with Crippen LogP contribution in [0.2, 0.25) is 18.1 Å². The minimum atomic E-state index is -2.09. The summed E-state index contributed by atoms with van der Waals surface area (Å²) in [4.78, 5) is 28.6. The molecule has 8 heteroatoms. The van der Waals surface area contributed by atoms with Gasteiger partial charge in [0.05, 0.1) is 39.0 Å². The summed E-state index contributed by atoms with van der Waals surface area (Å²) in [6.07, 6.45) is 2.05. The van der Waals surface area contributed by atoms with Crippen molar-refractivity contribution in [1.82, 2.24) is 4.90 Å². The predicted molar refractivity (Wildman–Crippen MR) is 160 cm³/mol. The van der Waals surface area contributed by atoms with Gasteiger partial charge in [0, 0.05) is 5.41 Å². The van der Waals surface area contributed by atoms with Gasteiger partial charge in [0.2, 0.25) is 5.91 Å². The van der Waals surface area contributed by atoms with Crippen LogP contribution < -0.4 is 0 Å². The Bertz CT molecular complexity index is 1070. The second-order valence-corrected chi connectivity index (χ2v) is 18.9. The number of fused-ring (bicyclic) bond motifs is 1. The molecule has 5 atom stereocenters. The third-order valence-corrected chi connectivity index (χ3v) is 13.4. The second-order valence-electron chi connectivity index (χ2n) is 14.1. The number of nitrogens with zero attached hydrogens (tertiary/aromatic N) is 1. The molecule has 224 valence electrons. The van der Waals surface area contributed by atoms with Crippen LogP contribution in [-0.2, 0) is 34.8 Å². The van der Waals surface area contributed by atoms with Gasteiger partial charge in [-0.2, -0.15) is 0 Å². The highest BCUT2D eigenvalue weighted by Crippen LogP contribution is 2.50. The number of rotatable bonds is 10. The molecule has 1 amide bonds. The van der Waals surface area contributed by atoms with Crippen LogP contribution in [0.5, 0.6) is 0 Å². The lowest BCUT2D eigenvalue weighted by Gasteiger charge is -2.41. The van der Waals surface area contributed by atoms with Crippen molar-refractivity contribution in [2.75, 3.05) is 20.3 Å². The molecule has 2 aliphatic heterocycles. The van der Waals surface area contributed by atoms with Crippen LogP contribution in [0.1, 0.15) is 67.4 Å². The minimum absolute atomic E-state index is 0.0495. The van der Waals surface area contributed by atoms with Crippen molar-refractivity contribution in [3.63, 3.8) is 0 Å². The number of esters is 1. The maximum absolute atomic E-state index is 13.6. The molecule has 2 heterocycles. The van der Waals surface area contributed by atoms with Crippen LogP contribution in [0.15, 0.2) is 42.0 Å². The summed E-state index contributed by atoms with van der Waals surface area (Å²) in [6.45, 7) is 22.4. The van der Waals surface area contributed by atoms with Crippen molar-refractivity contribution < 1.29 is 28.2 Å². The molecule has 0 saturated carbocycles. The third kappa shape index (κ3) is 6.40. The van der Waals surface area contributed by atoms with E-state index in [4.69, 9.17) is 18.6 Å². The summed E-state index contributed by atoms with van der Waals surface area (Å²) in [7, 11) is -0.717. The molecule has 7 nitrogen and oxygen atoms in total. The van der Waals surface area contributed by atoms with Gasteiger partial charge >= 0.3 is 5.97 Å². The van der Waals surface area contributed by atoms with Gasteiger partial charge in [0.1, 0.15) is 6.23 Å². The van der Waals surface area contributed by atoms with Gasteiger partial charge < -0.3 is 18.6 Å². The standard InChI is InChI=1S/C32H51NO6Si/c1-22(26(39-40(10,11)31(6,7)8)20-37-19-24-15-13-12-14-16-24)17-18-25-23(2)27(34)33-28(30(3,4)5)38-21-32(25,33)29(35)36-9/h12-16,18,22-23,26,28H,17,19-21H2,1-11H3/b25-18+/t22-,23-,26+,28+,32+/m1/s1. The molecule has 0 N–H and O–H groups in total. The topological polar surface area (TPSA) is 74.3 Å². The van der Waals surface area contributed by atoms with Crippen molar-refractivity contribution in [3.05, 3.63) is 47.5 Å². The van der Waals surface area contributed by atoms with Gasteiger partial charge in [0.25, 0.3) is 0 Å². The fourth-order valence-electron chi connectivity index (χ4n) is 5.40. The van der Waals surface area contributed by atoms with E-state index in [0.29, 0.717) is 19.6 Å². The number of benzene rings is 1. The first-order valence-electron chi connectivity index (χ1n) is 14.5. The summed E-state index contributed by atoms with van der Waals surface area (Å²) in [5.41, 5.74) is 0.296. The van der Waals surface area contributed by atoms with Crippen LogP contribution in [0, 0.1) is 17.3 Å². The molecule has 2 aliphatic rings. The molecule has 0 radical (unpaired) electrons. The molecule has 1 aromatic carbocycles. The smallest absolute Gasteiger partial charge is 0.338 e. The Hall–Kier alpha value is -2.00. The Morgan fingerprint density at radius 2 is 1.80 bits per heavy atom. The largest absolute Gasteiger partial charge is 0.467 e. The fraction of sp³-hybridized carbons (Fsp3) is 0.688. The zero-order valence-corrected chi connectivity index (χ0v) is 27.5. The molecular weight excluding hydrogens is 522 g/mol. The van der Waals surface area contributed by atoms with E-state index >= 15 is 0 Å². The lowest BCUT2D eigenvalue weighted by Crippen LogP contribution is -2.55. The van der Waals surface area contributed by atoms with Gasteiger partial charge in [-0.1, -0.05) is 84.9 Å². The van der Waals surface area contributed by atoms with Crippen LogP contribution in [-0.4, -0.2) is 63.3 Å². The average Bonchev–Trinajstić information content (AvgIpc) is 3.36. The lowest BCUT2D eigenvalue weighted by molar-refractivity contribution is -0.157. The molecule has 0 aromatic heterocycles. The van der Waals surface area contributed by atoms with E-state index in [1.807, 2.05) is 45.9 Å². The maximum Gasteiger partial charge on any atom is 0.338 e. The Morgan fingerprint density at radius 3 is 2.35 bits per heavy atom. The number of ether oxygens (including phenoxy) is 3. The summed E-state index contributed by atoms with van der Waals surface area (Å²) >= 11 is 0. The molecular formula is C32H51NO6Si. The molecule has 40 heavy (non-hydrogen) atoms. The highest BCUT2D eigenvalue weighted by molar-refractivity contribution is 6.74. The van der Waals surface area contributed by atoms with Gasteiger partial charge in [0.15, 0.2) is 13.9 Å². The van der Waals surface area contributed by atoms with E-state index in [1.165, 1.54) is 7.11 Å². The summed E-state index contributed by atoms with van der Waals surface area (Å²) in [5.74, 6) is -0.892. The molecule has 3 rings (SSSR count). The third-order valence-electron chi connectivity index (χ3n) is 8.90. The van der Waals surface area contributed by atoms with Gasteiger partial charge in [-0.05, 0) is 48.5 Å². The van der Waals surface area contributed by atoms with Gasteiger partial charge in [-0.15, -0.1) is 0 Å². The predicted octanol–water partition coefficient (Wildman–Crippen LogP) is 6.34. The minimum Gasteiger partial charge on any atom is -0.467 e. The van der Waals surface area contributed by atoms with E-state index in [9.17, 15) is 9.59 Å². The van der Waals surface area contributed by atoms with E-state index in [-0.39, 0.29) is 35.0 Å². The van der Waals surface area contributed by atoms with Crippen LogP contribution in [0.3, 0.4) is 0 Å². The molecule has 2 fully saturated rings. The Labute approximate surface area is 242 Å². The number of hydrogen-bond donors (Lipinski definition) is 0. The van der Waals surface area contributed by atoms with E-state index in [1.54, 1.807) is 4.90 Å². The van der Waals surface area contributed by atoms with Crippen molar-refractivity contribution in [1.29, 1.82) is 0 Å². The number of methoxy groups -OCH3 is 1. The quantitative estimate of drug-likeness (QED) is 0.185. The first kappa shape index (κ1) is 32.5. The van der Waals surface area contributed by atoms with Gasteiger partial charge in [-0.3, -0.25) is 9.69 Å². The number of amides is 1. The Morgan fingerprint density at radius 1 is 1.18 bits per heavy atom. The lowest BCUT2D eigenvalue weighted by atomic mass is 9.84. The monoisotopic (exact) mass is 573 g/mol. The highest BCUT2D eigenvalue weighted by atomic mass is 28.4. The summed E-state index contributed by atoms with van der Waals surface area (Å²) in [5, 5.41) is 0.0495. The number of hydrogen-bond acceptors (Lipinski definition) is 6. The van der Waals surface area contributed by atoms with E-state index < -0.39 is 32.0 Å².